The van der Waals surface area contributed by atoms with Gasteiger partial charge in [-0.1, -0.05) is 0 Å². The smallest absolute Gasteiger partial charge is 0.417 e. The molecule has 2 aromatic heterocycles. The zero-order chi connectivity index (χ0) is 20.6. The van der Waals surface area contributed by atoms with Gasteiger partial charge in [0, 0.05) is 0 Å². The van der Waals surface area contributed by atoms with Crippen LogP contribution in [0.25, 0.3) is 5.82 Å². The third-order valence-electron chi connectivity index (χ3n) is 3.66. The van der Waals surface area contributed by atoms with E-state index in [2.05, 4.69) is 46.8 Å². The highest BCUT2D eigenvalue weighted by Gasteiger charge is 2.30. The maximum Gasteiger partial charge on any atom is 0.417 e. The quantitative estimate of drug-likeness (QED) is 0.504. The van der Waals surface area contributed by atoms with Crippen LogP contribution in [-0.4, -0.2) is 30.7 Å². The average molecular weight is 521 g/mol. The first-order valence-electron chi connectivity index (χ1n) is 7.52. The minimum atomic E-state index is -4.52. The van der Waals surface area contributed by atoms with Crippen molar-refractivity contribution in [3.8, 4) is 5.82 Å². The number of imidazole rings is 1. The molecule has 0 aliphatic carbocycles. The van der Waals surface area contributed by atoms with Crippen molar-refractivity contribution in [2.24, 2.45) is 0 Å². The van der Waals surface area contributed by atoms with Gasteiger partial charge < -0.3 is 5.11 Å². The van der Waals surface area contributed by atoms with Crippen molar-refractivity contribution in [1.29, 1.82) is 0 Å². The number of rotatable bonds is 3. The summed E-state index contributed by atoms with van der Waals surface area (Å²) >= 11 is 6.62. The highest BCUT2D eigenvalue weighted by molar-refractivity contribution is 9.13. The molecule has 0 spiro atoms. The van der Waals surface area contributed by atoms with Gasteiger partial charge in [-0.3, -0.25) is 9.55 Å². The minimum Gasteiger partial charge on any atom is -0.464 e. The van der Waals surface area contributed by atoms with E-state index in [4.69, 9.17) is 0 Å². The predicted molar refractivity (Wildman–Crippen MR) is 101 cm³/mol. The third-order valence-corrected chi connectivity index (χ3v) is 5.48. The molecule has 0 aliphatic rings. The molecule has 1 N–H and O–H groups in total. The summed E-state index contributed by atoms with van der Waals surface area (Å²) in [6.45, 7) is 1.72. The molecule has 0 saturated heterocycles. The highest BCUT2D eigenvalue weighted by atomic mass is 79.9. The monoisotopic (exact) mass is 519 g/mol. The number of anilines is 2. The van der Waals surface area contributed by atoms with Gasteiger partial charge in [0.2, 0.25) is 0 Å². The van der Waals surface area contributed by atoms with E-state index < -0.39 is 17.8 Å². The third kappa shape index (κ3) is 3.87. The van der Waals surface area contributed by atoms with Gasteiger partial charge in [0.1, 0.15) is 15.0 Å². The summed E-state index contributed by atoms with van der Waals surface area (Å²) in [5, 5.41) is 9.58. The number of amides is 1. The van der Waals surface area contributed by atoms with Crippen LogP contribution in [0, 0.1) is 6.92 Å². The molecule has 28 heavy (non-hydrogen) atoms. The Labute approximate surface area is 173 Å². The Balaban J connectivity index is 2.06. The minimum absolute atomic E-state index is 0.00505. The molecule has 1 aromatic carbocycles. The zero-order valence-electron chi connectivity index (χ0n) is 13.9. The molecule has 0 fully saturated rings. The Morgan fingerprint density at radius 3 is 2.29 bits per heavy atom. The SMILES string of the molecule is Cc1nc(Br)c(Br)n1-c1cncc(N(C(=O)O)c2ccc(C(F)(F)F)cc2)n1. The van der Waals surface area contributed by atoms with E-state index in [1.165, 1.54) is 12.4 Å². The van der Waals surface area contributed by atoms with Crippen LogP contribution in [0.4, 0.5) is 29.5 Å². The number of hydrogen-bond donors (Lipinski definition) is 1. The highest BCUT2D eigenvalue weighted by Crippen LogP contribution is 2.32. The molecular weight excluding hydrogens is 511 g/mol. The number of alkyl halides is 3. The standard InChI is InChI=1S/C16H10Br2F3N5O2/c1-8-23-13(17)14(18)25(8)11-6-22-7-12(24-11)26(15(27)28)10-4-2-9(3-5-10)16(19,20)21/h2-7H,1H3,(H,27,28). The number of hydrogen-bond acceptors (Lipinski definition) is 4. The molecule has 12 heteroatoms. The Kier molecular flexibility index (Phi) is 5.44. The Morgan fingerprint density at radius 1 is 1.14 bits per heavy atom. The lowest BCUT2D eigenvalue weighted by molar-refractivity contribution is -0.137. The molecule has 1 amide bonds. The number of benzene rings is 1. The van der Waals surface area contributed by atoms with E-state index in [-0.39, 0.29) is 17.3 Å². The molecule has 2 heterocycles. The van der Waals surface area contributed by atoms with Crippen molar-refractivity contribution in [3.05, 3.63) is 57.3 Å². The largest absolute Gasteiger partial charge is 0.464 e. The molecule has 3 rings (SSSR count). The van der Waals surface area contributed by atoms with Gasteiger partial charge in [-0.2, -0.15) is 13.2 Å². The van der Waals surface area contributed by atoms with Gasteiger partial charge in [-0.15, -0.1) is 0 Å². The lowest BCUT2D eigenvalue weighted by Crippen LogP contribution is -2.25. The van der Waals surface area contributed by atoms with Crippen LogP contribution >= 0.6 is 31.9 Å². The van der Waals surface area contributed by atoms with Gasteiger partial charge in [-0.05, 0) is 63.0 Å². The van der Waals surface area contributed by atoms with Crippen molar-refractivity contribution in [3.63, 3.8) is 0 Å². The number of nitrogens with zero attached hydrogens (tertiary/aromatic N) is 5. The zero-order valence-corrected chi connectivity index (χ0v) is 17.1. The van der Waals surface area contributed by atoms with Gasteiger partial charge in [0.25, 0.3) is 0 Å². The summed E-state index contributed by atoms with van der Waals surface area (Å²) in [6.07, 6.45) is -3.34. The van der Waals surface area contributed by atoms with Gasteiger partial charge >= 0.3 is 12.3 Å². The van der Waals surface area contributed by atoms with Crippen LogP contribution in [0.3, 0.4) is 0 Å². The van der Waals surface area contributed by atoms with E-state index in [9.17, 15) is 23.1 Å². The molecule has 7 nitrogen and oxygen atoms in total. The summed E-state index contributed by atoms with van der Waals surface area (Å²) in [7, 11) is 0. The number of aromatic nitrogens is 4. The molecule has 0 saturated carbocycles. The van der Waals surface area contributed by atoms with Crippen molar-refractivity contribution in [2.75, 3.05) is 4.90 Å². The fraction of sp³-hybridized carbons (Fsp3) is 0.125. The van der Waals surface area contributed by atoms with Gasteiger partial charge in [0.15, 0.2) is 11.6 Å². The van der Waals surface area contributed by atoms with Crippen molar-refractivity contribution in [2.45, 2.75) is 13.1 Å². The first kappa shape index (κ1) is 20.3. The van der Waals surface area contributed by atoms with Crippen LogP contribution in [0.1, 0.15) is 11.4 Å². The van der Waals surface area contributed by atoms with Crippen LogP contribution < -0.4 is 4.90 Å². The fourth-order valence-electron chi connectivity index (χ4n) is 2.44. The molecular formula is C16H10Br2F3N5O2. The lowest BCUT2D eigenvalue weighted by atomic mass is 10.2. The second-order valence-corrected chi connectivity index (χ2v) is 6.98. The molecule has 0 aliphatic heterocycles. The van der Waals surface area contributed by atoms with Crippen molar-refractivity contribution >= 4 is 49.5 Å². The van der Waals surface area contributed by atoms with Crippen LogP contribution in [-0.2, 0) is 6.18 Å². The first-order chi connectivity index (χ1) is 13.1. The van der Waals surface area contributed by atoms with Crippen molar-refractivity contribution in [1.82, 2.24) is 19.5 Å². The van der Waals surface area contributed by atoms with Crippen LogP contribution in [0.15, 0.2) is 45.9 Å². The Hall–Kier alpha value is -2.47. The van der Waals surface area contributed by atoms with Gasteiger partial charge in [0.05, 0.1) is 23.6 Å². The molecule has 3 aromatic rings. The van der Waals surface area contributed by atoms with E-state index in [0.29, 0.717) is 15.0 Å². The van der Waals surface area contributed by atoms with Crippen molar-refractivity contribution < 1.29 is 23.1 Å². The number of carboxylic acid groups (broad SMARTS) is 1. The number of halogens is 5. The van der Waals surface area contributed by atoms with Gasteiger partial charge in [-0.25, -0.2) is 19.7 Å². The molecule has 0 bridgehead atoms. The summed E-state index contributed by atoms with van der Waals surface area (Å²) in [5.41, 5.74) is -0.890. The van der Waals surface area contributed by atoms with E-state index in [1.807, 2.05) is 0 Å². The summed E-state index contributed by atoms with van der Waals surface area (Å²) < 4.78 is 40.9. The second kappa shape index (κ2) is 7.51. The molecule has 146 valence electrons. The number of aryl methyl sites for hydroxylation is 1. The maximum atomic E-state index is 12.8. The summed E-state index contributed by atoms with van der Waals surface area (Å²) in [6, 6.07) is 3.72. The van der Waals surface area contributed by atoms with E-state index in [0.717, 1.165) is 29.2 Å². The molecule has 0 radical (unpaired) electrons. The Morgan fingerprint density at radius 2 is 1.79 bits per heavy atom. The topological polar surface area (TPSA) is 84.1 Å². The van der Waals surface area contributed by atoms with Crippen LogP contribution in [0.5, 0.6) is 0 Å². The Bertz CT molecular complexity index is 1040. The summed E-state index contributed by atoms with van der Waals surface area (Å²) in [4.78, 5) is 25.0. The average Bonchev–Trinajstić information content (AvgIpc) is 2.87. The predicted octanol–water partition coefficient (Wildman–Crippen LogP) is 5.33. The molecule has 0 unspecified atom stereocenters. The fourth-order valence-corrected chi connectivity index (χ4v) is 3.40. The lowest BCUT2D eigenvalue weighted by Gasteiger charge is -2.19. The maximum absolute atomic E-state index is 12.8. The van der Waals surface area contributed by atoms with E-state index in [1.54, 1.807) is 11.5 Å². The van der Waals surface area contributed by atoms with E-state index >= 15 is 0 Å². The summed E-state index contributed by atoms with van der Waals surface area (Å²) in [5.74, 6) is 0.751. The first-order valence-corrected chi connectivity index (χ1v) is 9.11. The van der Waals surface area contributed by atoms with Crippen LogP contribution in [0.2, 0.25) is 0 Å². The normalized spacial score (nSPS) is 11.5. The molecule has 0 atom stereocenters. The second-order valence-electron chi connectivity index (χ2n) is 5.47. The number of carbonyl (C=O) groups is 1.